The summed E-state index contributed by atoms with van der Waals surface area (Å²) in [7, 11) is 0. The number of hydrogen-bond donors (Lipinski definition) is 2. The lowest BCUT2D eigenvalue weighted by Crippen LogP contribution is -2.50. The Bertz CT molecular complexity index is 562. The Morgan fingerprint density at radius 2 is 2.40 bits per heavy atom. The number of nitrogens with zero attached hydrogens (tertiary/aromatic N) is 2. The first-order valence-electron chi connectivity index (χ1n) is 6.17. The van der Waals surface area contributed by atoms with Crippen molar-refractivity contribution < 1.29 is 14.5 Å². The molecule has 1 saturated heterocycles. The first kappa shape index (κ1) is 14.2. The number of amides is 1. The molecule has 20 heavy (non-hydrogen) atoms. The molecular weight excluding hydrogens is 264 g/mol. The number of nitrogens with one attached hydrogen (secondary N) is 1. The average Bonchev–Trinajstić information content (AvgIpc) is 2.69. The molecule has 2 heterocycles. The third kappa shape index (κ3) is 2.55. The van der Waals surface area contributed by atoms with Crippen molar-refractivity contribution in [3.05, 3.63) is 27.9 Å². The number of nitrogens with two attached hydrogens (primary N) is 1. The second kappa shape index (κ2) is 5.04. The van der Waals surface area contributed by atoms with E-state index in [1.165, 1.54) is 0 Å². The van der Waals surface area contributed by atoms with Gasteiger partial charge in [-0.2, -0.15) is 0 Å². The molecule has 1 aromatic heterocycles. The number of hydrogen-bond acceptors (Lipinski definition) is 6. The Kier molecular flexibility index (Phi) is 3.58. The van der Waals surface area contributed by atoms with Crippen LogP contribution in [0.1, 0.15) is 30.6 Å². The molecule has 0 saturated carbocycles. The van der Waals surface area contributed by atoms with Gasteiger partial charge in [-0.05, 0) is 20.3 Å². The lowest BCUT2D eigenvalue weighted by molar-refractivity contribution is -0.385. The fourth-order valence-corrected chi connectivity index (χ4v) is 2.07. The Morgan fingerprint density at radius 3 is 2.95 bits per heavy atom. The number of anilines is 1. The minimum absolute atomic E-state index is 0.000440. The highest BCUT2D eigenvalue weighted by molar-refractivity contribution is 5.99. The van der Waals surface area contributed by atoms with Gasteiger partial charge in [-0.1, -0.05) is 0 Å². The van der Waals surface area contributed by atoms with E-state index in [9.17, 15) is 14.9 Å². The van der Waals surface area contributed by atoms with Crippen molar-refractivity contribution in [1.29, 1.82) is 0 Å². The van der Waals surface area contributed by atoms with Gasteiger partial charge in [-0.25, -0.2) is 4.98 Å². The number of carbonyl (C=O) groups excluding carboxylic acids is 1. The van der Waals surface area contributed by atoms with Crippen LogP contribution in [0.2, 0.25) is 0 Å². The maximum atomic E-state index is 12.2. The summed E-state index contributed by atoms with van der Waals surface area (Å²) in [5.41, 5.74) is 4.82. The summed E-state index contributed by atoms with van der Waals surface area (Å²) >= 11 is 0. The largest absolute Gasteiger partial charge is 0.383 e. The summed E-state index contributed by atoms with van der Waals surface area (Å²) in [6.07, 6.45) is 1.55. The highest BCUT2D eigenvalue weighted by Crippen LogP contribution is 2.26. The van der Waals surface area contributed by atoms with Crippen molar-refractivity contribution >= 4 is 17.4 Å². The standard InChI is InChI=1S/C12H16N4O4/c1-7-12(2,3-4-20-7)15-11(17)9-5-8(16(18)19)6-14-10(9)13/h5-7H,3-4H2,1-2H3,(H2,13,14)(H,15,17). The van der Waals surface area contributed by atoms with E-state index in [-0.39, 0.29) is 23.2 Å². The van der Waals surface area contributed by atoms with Gasteiger partial charge in [-0.15, -0.1) is 0 Å². The van der Waals surface area contributed by atoms with E-state index in [4.69, 9.17) is 10.5 Å². The van der Waals surface area contributed by atoms with Crippen LogP contribution in [0.3, 0.4) is 0 Å². The van der Waals surface area contributed by atoms with Crippen LogP contribution in [-0.4, -0.2) is 34.1 Å². The second-order valence-corrected chi connectivity index (χ2v) is 5.02. The molecular formula is C12H16N4O4. The number of aromatic nitrogens is 1. The molecule has 1 amide bonds. The molecule has 1 aliphatic heterocycles. The van der Waals surface area contributed by atoms with Crippen molar-refractivity contribution in [2.45, 2.75) is 31.9 Å². The summed E-state index contributed by atoms with van der Waals surface area (Å²) in [6, 6.07) is 1.13. The molecule has 0 bridgehead atoms. The van der Waals surface area contributed by atoms with Gasteiger partial charge in [0.05, 0.1) is 22.1 Å². The molecule has 2 unspecified atom stereocenters. The van der Waals surface area contributed by atoms with Gasteiger partial charge < -0.3 is 15.8 Å². The van der Waals surface area contributed by atoms with Crippen LogP contribution >= 0.6 is 0 Å². The first-order valence-corrected chi connectivity index (χ1v) is 6.17. The summed E-state index contributed by atoms with van der Waals surface area (Å²) in [6.45, 7) is 4.28. The number of ether oxygens (including phenoxy) is 1. The van der Waals surface area contributed by atoms with Gasteiger partial charge in [0, 0.05) is 12.7 Å². The molecule has 108 valence electrons. The van der Waals surface area contributed by atoms with E-state index in [0.29, 0.717) is 13.0 Å². The highest BCUT2D eigenvalue weighted by atomic mass is 16.6. The Hall–Kier alpha value is -2.22. The molecule has 8 nitrogen and oxygen atoms in total. The number of nitrogen functional groups attached to an aromatic ring is 1. The van der Waals surface area contributed by atoms with Gasteiger partial charge in [0.25, 0.3) is 11.6 Å². The van der Waals surface area contributed by atoms with Gasteiger partial charge in [0.15, 0.2) is 0 Å². The SMILES string of the molecule is CC1OCCC1(C)NC(=O)c1cc([N+](=O)[O-])cnc1N. The van der Waals surface area contributed by atoms with Gasteiger partial charge in [-0.3, -0.25) is 14.9 Å². The number of pyridine rings is 1. The van der Waals surface area contributed by atoms with Crippen molar-refractivity contribution in [2.75, 3.05) is 12.3 Å². The third-order valence-electron chi connectivity index (χ3n) is 3.65. The van der Waals surface area contributed by atoms with Gasteiger partial charge >= 0.3 is 0 Å². The molecule has 0 radical (unpaired) electrons. The Morgan fingerprint density at radius 1 is 1.70 bits per heavy atom. The summed E-state index contributed by atoms with van der Waals surface area (Å²) < 4.78 is 5.43. The fourth-order valence-electron chi connectivity index (χ4n) is 2.07. The van der Waals surface area contributed by atoms with Crippen molar-refractivity contribution in [2.24, 2.45) is 0 Å². The Labute approximate surface area is 115 Å². The monoisotopic (exact) mass is 280 g/mol. The lowest BCUT2D eigenvalue weighted by atomic mass is 9.94. The number of nitro groups is 1. The van der Waals surface area contributed by atoms with Crippen molar-refractivity contribution in [1.82, 2.24) is 10.3 Å². The molecule has 3 N–H and O–H groups in total. The first-order chi connectivity index (χ1) is 9.33. The molecule has 8 heteroatoms. The second-order valence-electron chi connectivity index (χ2n) is 5.02. The van der Waals surface area contributed by atoms with E-state index < -0.39 is 16.4 Å². The topological polar surface area (TPSA) is 120 Å². The molecule has 1 aliphatic rings. The van der Waals surface area contributed by atoms with E-state index in [0.717, 1.165) is 12.3 Å². The van der Waals surface area contributed by atoms with E-state index in [1.807, 2.05) is 13.8 Å². The lowest BCUT2D eigenvalue weighted by Gasteiger charge is -2.28. The molecule has 2 atom stereocenters. The molecule has 1 fully saturated rings. The van der Waals surface area contributed by atoms with Crippen LogP contribution in [0.4, 0.5) is 11.5 Å². The van der Waals surface area contributed by atoms with Crippen LogP contribution in [0.5, 0.6) is 0 Å². The van der Waals surface area contributed by atoms with Crippen molar-refractivity contribution in [3.8, 4) is 0 Å². The number of carbonyl (C=O) groups is 1. The van der Waals surface area contributed by atoms with Crippen LogP contribution in [0, 0.1) is 10.1 Å². The zero-order valence-corrected chi connectivity index (χ0v) is 11.3. The Balaban J connectivity index is 2.25. The summed E-state index contributed by atoms with van der Waals surface area (Å²) in [4.78, 5) is 26.0. The smallest absolute Gasteiger partial charge is 0.288 e. The molecule has 1 aromatic rings. The van der Waals surface area contributed by atoms with E-state index >= 15 is 0 Å². The van der Waals surface area contributed by atoms with Crippen LogP contribution in [0.15, 0.2) is 12.3 Å². The van der Waals surface area contributed by atoms with Gasteiger partial charge in [0.1, 0.15) is 12.0 Å². The zero-order chi connectivity index (χ0) is 14.9. The average molecular weight is 280 g/mol. The third-order valence-corrected chi connectivity index (χ3v) is 3.65. The minimum Gasteiger partial charge on any atom is -0.383 e. The minimum atomic E-state index is -0.619. The molecule has 0 spiro atoms. The summed E-state index contributed by atoms with van der Waals surface area (Å²) in [5.74, 6) is -0.526. The molecule has 0 aromatic carbocycles. The zero-order valence-electron chi connectivity index (χ0n) is 11.3. The quantitative estimate of drug-likeness (QED) is 0.626. The van der Waals surface area contributed by atoms with Crippen molar-refractivity contribution in [3.63, 3.8) is 0 Å². The predicted octanol–water partition coefficient (Wildman–Crippen LogP) is 0.869. The predicted molar refractivity (Wildman–Crippen MR) is 71.2 cm³/mol. The normalized spacial score (nSPS) is 25.4. The maximum Gasteiger partial charge on any atom is 0.288 e. The number of rotatable bonds is 3. The highest BCUT2D eigenvalue weighted by Gasteiger charge is 2.38. The van der Waals surface area contributed by atoms with Crippen LogP contribution in [0.25, 0.3) is 0 Å². The van der Waals surface area contributed by atoms with Crippen LogP contribution in [-0.2, 0) is 4.74 Å². The fraction of sp³-hybridized carbons (Fsp3) is 0.500. The van der Waals surface area contributed by atoms with E-state index in [1.54, 1.807) is 0 Å². The van der Waals surface area contributed by atoms with Gasteiger partial charge in [0.2, 0.25) is 0 Å². The molecule has 2 rings (SSSR count). The van der Waals surface area contributed by atoms with Crippen LogP contribution < -0.4 is 11.1 Å². The van der Waals surface area contributed by atoms with E-state index in [2.05, 4.69) is 10.3 Å². The molecule has 0 aliphatic carbocycles. The summed E-state index contributed by atoms with van der Waals surface area (Å²) in [5, 5.41) is 13.5. The maximum absolute atomic E-state index is 12.2.